The van der Waals surface area contributed by atoms with Gasteiger partial charge in [0.25, 0.3) is 0 Å². The van der Waals surface area contributed by atoms with E-state index in [4.69, 9.17) is 4.74 Å². The van der Waals surface area contributed by atoms with Crippen LogP contribution in [0.1, 0.15) is 19.8 Å². The maximum Gasteiger partial charge on any atom is 0.238 e. The van der Waals surface area contributed by atoms with Crippen LogP contribution in [0.2, 0.25) is 0 Å². The third-order valence-electron chi connectivity index (χ3n) is 1.52. The molecule has 0 radical (unpaired) electrons. The molecular weight excluding hydrogens is 155 g/mol. The normalized spacial score (nSPS) is 12.5. The zero-order valence-electron chi connectivity index (χ0n) is 7.16. The number of benzene rings is 1. The van der Waals surface area contributed by atoms with E-state index < -0.39 is 6.36 Å². The molecule has 0 heterocycles. The van der Waals surface area contributed by atoms with Crippen molar-refractivity contribution in [1.29, 1.82) is 0 Å². The number of para-hydroxylation sites is 1. The molecule has 1 rings (SSSR count). The molecule has 1 nitrogen and oxygen atoms in total. The van der Waals surface area contributed by atoms with Crippen molar-refractivity contribution in [3.05, 3.63) is 30.3 Å². The van der Waals surface area contributed by atoms with Crippen molar-refractivity contribution >= 4 is 0 Å². The van der Waals surface area contributed by atoms with Crippen LogP contribution in [0.25, 0.3) is 0 Å². The molecule has 1 unspecified atom stereocenters. The van der Waals surface area contributed by atoms with Crippen molar-refractivity contribution in [2.45, 2.75) is 26.1 Å². The molecule has 1 aromatic carbocycles. The average Bonchev–Trinajstić information content (AvgIpc) is 2.06. The smallest absolute Gasteiger partial charge is 0.238 e. The van der Waals surface area contributed by atoms with Gasteiger partial charge in [-0.1, -0.05) is 25.1 Å². The molecule has 12 heavy (non-hydrogen) atoms. The molecule has 0 saturated heterocycles. The Balaban J connectivity index is 2.41. The summed E-state index contributed by atoms with van der Waals surface area (Å²) in [5, 5.41) is 0. The Morgan fingerprint density at radius 2 is 2.00 bits per heavy atom. The van der Waals surface area contributed by atoms with Crippen molar-refractivity contribution in [3.8, 4) is 5.75 Å². The highest BCUT2D eigenvalue weighted by molar-refractivity contribution is 5.20. The fraction of sp³-hybridized carbons (Fsp3) is 0.400. The van der Waals surface area contributed by atoms with Gasteiger partial charge < -0.3 is 4.74 Å². The summed E-state index contributed by atoms with van der Waals surface area (Å²) in [4.78, 5) is 0. The van der Waals surface area contributed by atoms with Gasteiger partial charge in [-0.2, -0.15) is 0 Å². The molecule has 1 atom stereocenters. The van der Waals surface area contributed by atoms with Gasteiger partial charge in [-0.15, -0.1) is 0 Å². The summed E-state index contributed by atoms with van der Waals surface area (Å²) in [6.45, 7) is 1.93. The maximum absolute atomic E-state index is 12.9. The lowest BCUT2D eigenvalue weighted by molar-refractivity contribution is 0.0588. The third-order valence-corrected chi connectivity index (χ3v) is 1.52. The zero-order chi connectivity index (χ0) is 8.81. The van der Waals surface area contributed by atoms with Gasteiger partial charge in [-0.3, -0.25) is 0 Å². The van der Waals surface area contributed by atoms with E-state index in [0.717, 1.165) is 6.42 Å². The summed E-state index contributed by atoms with van der Waals surface area (Å²) in [5.41, 5.74) is 0. The number of rotatable bonds is 4. The van der Waals surface area contributed by atoms with Crippen molar-refractivity contribution < 1.29 is 9.13 Å². The first-order valence-corrected chi connectivity index (χ1v) is 4.18. The summed E-state index contributed by atoms with van der Waals surface area (Å²) in [6, 6.07) is 9.03. The summed E-state index contributed by atoms with van der Waals surface area (Å²) in [7, 11) is 0. The van der Waals surface area contributed by atoms with Gasteiger partial charge in [0.2, 0.25) is 6.36 Å². The van der Waals surface area contributed by atoms with Crippen LogP contribution in [0.3, 0.4) is 0 Å². The largest absolute Gasteiger partial charge is 0.460 e. The Kier molecular flexibility index (Phi) is 3.58. The summed E-state index contributed by atoms with van der Waals surface area (Å²) >= 11 is 0. The molecule has 1 aromatic rings. The van der Waals surface area contributed by atoms with E-state index in [9.17, 15) is 4.39 Å². The van der Waals surface area contributed by atoms with Crippen LogP contribution in [-0.4, -0.2) is 6.36 Å². The number of halogens is 1. The van der Waals surface area contributed by atoms with E-state index in [1.54, 1.807) is 12.1 Å². The van der Waals surface area contributed by atoms with E-state index in [2.05, 4.69) is 0 Å². The van der Waals surface area contributed by atoms with Gasteiger partial charge in [0.05, 0.1) is 0 Å². The lowest BCUT2D eigenvalue weighted by Crippen LogP contribution is -2.08. The van der Waals surface area contributed by atoms with E-state index in [-0.39, 0.29) is 0 Å². The predicted molar refractivity (Wildman–Crippen MR) is 46.9 cm³/mol. The van der Waals surface area contributed by atoms with Crippen molar-refractivity contribution in [2.75, 3.05) is 0 Å². The predicted octanol–water partition coefficient (Wildman–Crippen LogP) is 3.16. The second-order valence-corrected chi connectivity index (χ2v) is 2.63. The van der Waals surface area contributed by atoms with Gasteiger partial charge >= 0.3 is 0 Å². The molecule has 0 aliphatic heterocycles. The van der Waals surface area contributed by atoms with Crippen LogP contribution in [0.15, 0.2) is 30.3 Å². The molecule has 66 valence electrons. The Labute approximate surface area is 72.2 Å². The van der Waals surface area contributed by atoms with Gasteiger partial charge in [0.1, 0.15) is 5.75 Å². The second kappa shape index (κ2) is 4.75. The highest BCUT2D eigenvalue weighted by Gasteiger charge is 2.04. The third kappa shape index (κ3) is 2.91. The van der Waals surface area contributed by atoms with Gasteiger partial charge in [-0.05, 0) is 18.6 Å². The lowest BCUT2D eigenvalue weighted by atomic mass is 10.3. The Bertz CT molecular complexity index is 210. The first kappa shape index (κ1) is 9.04. The maximum atomic E-state index is 12.9. The zero-order valence-corrected chi connectivity index (χ0v) is 7.16. The fourth-order valence-electron chi connectivity index (χ4n) is 0.933. The van der Waals surface area contributed by atoms with E-state index in [1.807, 2.05) is 25.1 Å². The molecule has 0 N–H and O–H groups in total. The lowest BCUT2D eigenvalue weighted by Gasteiger charge is -2.09. The minimum atomic E-state index is -1.17. The van der Waals surface area contributed by atoms with Crippen LogP contribution in [-0.2, 0) is 0 Å². The van der Waals surface area contributed by atoms with E-state index >= 15 is 0 Å². The molecular formula is C10H13FO. The van der Waals surface area contributed by atoms with E-state index in [1.165, 1.54) is 0 Å². The van der Waals surface area contributed by atoms with E-state index in [0.29, 0.717) is 12.2 Å². The first-order chi connectivity index (χ1) is 5.83. The molecule has 2 heteroatoms. The quantitative estimate of drug-likeness (QED) is 0.671. The molecule has 0 aliphatic rings. The van der Waals surface area contributed by atoms with Crippen molar-refractivity contribution in [2.24, 2.45) is 0 Å². The average molecular weight is 168 g/mol. The first-order valence-electron chi connectivity index (χ1n) is 4.18. The minimum Gasteiger partial charge on any atom is -0.460 e. The molecule has 0 aromatic heterocycles. The number of hydrogen-bond acceptors (Lipinski definition) is 1. The van der Waals surface area contributed by atoms with Crippen molar-refractivity contribution in [1.82, 2.24) is 0 Å². The van der Waals surface area contributed by atoms with Crippen LogP contribution in [0.4, 0.5) is 4.39 Å². The van der Waals surface area contributed by atoms with Gasteiger partial charge in [0, 0.05) is 6.42 Å². The SMILES string of the molecule is CCCC(F)Oc1ccccc1. The molecule has 0 saturated carbocycles. The van der Waals surface area contributed by atoms with Crippen molar-refractivity contribution in [3.63, 3.8) is 0 Å². The topological polar surface area (TPSA) is 9.23 Å². The Morgan fingerprint density at radius 3 is 2.58 bits per heavy atom. The van der Waals surface area contributed by atoms with Crippen LogP contribution < -0.4 is 4.74 Å². The number of hydrogen-bond donors (Lipinski definition) is 0. The van der Waals surface area contributed by atoms with Gasteiger partial charge in [0.15, 0.2) is 0 Å². The van der Waals surface area contributed by atoms with Crippen LogP contribution in [0, 0.1) is 0 Å². The summed E-state index contributed by atoms with van der Waals surface area (Å²) in [6.07, 6.45) is 0.0838. The summed E-state index contributed by atoms with van der Waals surface area (Å²) < 4.78 is 17.9. The molecule has 0 bridgehead atoms. The Hall–Kier alpha value is -1.05. The monoisotopic (exact) mass is 168 g/mol. The summed E-state index contributed by atoms with van der Waals surface area (Å²) in [5.74, 6) is 0.596. The fourth-order valence-corrected chi connectivity index (χ4v) is 0.933. The second-order valence-electron chi connectivity index (χ2n) is 2.63. The minimum absolute atomic E-state index is 0.453. The standard InChI is InChI=1S/C10H13FO/c1-2-6-10(11)12-9-7-4-3-5-8-9/h3-5,7-8,10H,2,6H2,1H3. The highest BCUT2D eigenvalue weighted by Crippen LogP contribution is 2.13. The van der Waals surface area contributed by atoms with Crippen LogP contribution in [0.5, 0.6) is 5.75 Å². The molecule has 0 spiro atoms. The highest BCUT2D eigenvalue weighted by atomic mass is 19.1. The molecule has 0 amide bonds. The number of ether oxygens (including phenoxy) is 1. The molecule has 0 aliphatic carbocycles. The Morgan fingerprint density at radius 1 is 1.33 bits per heavy atom. The molecule has 0 fully saturated rings. The van der Waals surface area contributed by atoms with Crippen LogP contribution >= 0.6 is 0 Å². The number of alkyl halides is 1. The van der Waals surface area contributed by atoms with Gasteiger partial charge in [-0.25, -0.2) is 4.39 Å².